The second-order valence-corrected chi connectivity index (χ2v) is 4.67. The molecule has 116 valence electrons. The zero-order valence-electron chi connectivity index (χ0n) is 11.8. The largest absolute Gasteiger partial charge is 0.434 e. The number of ether oxygens (including phenoxy) is 1. The first kappa shape index (κ1) is 15.9. The Morgan fingerprint density at radius 3 is 2.59 bits per heavy atom. The van der Waals surface area contributed by atoms with Gasteiger partial charge in [0.15, 0.2) is 0 Å². The molecule has 0 aliphatic heterocycles. The predicted molar refractivity (Wildman–Crippen MR) is 75.3 cm³/mol. The van der Waals surface area contributed by atoms with Gasteiger partial charge in [0.2, 0.25) is 0 Å². The van der Waals surface area contributed by atoms with Crippen LogP contribution in [-0.2, 0) is 6.54 Å². The first-order valence-corrected chi connectivity index (χ1v) is 6.51. The highest BCUT2D eigenvalue weighted by atomic mass is 19.3. The summed E-state index contributed by atoms with van der Waals surface area (Å²) in [5, 5.41) is 0. The molecule has 2 rings (SSSR count). The minimum absolute atomic E-state index is 0.0294. The SMILES string of the molecule is CN(Cc1cccc(F)c1)C(=O)c1ccccc1OC(F)F. The third kappa shape index (κ3) is 4.00. The summed E-state index contributed by atoms with van der Waals surface area (Å²) in [6.07, 6.45) is 0. The van der Waals surface area contributed by atoms with Gasteiger partial charge < -0.3 is 9.64 Å². The van der Waals surface area contributed by atoms with Gasteiger partial charge in [0.25, 0.3) is 5.91 Å². The van der Waals surface area contributed by atoms with Crippen molar-refractivity contribution in [3.05, 3.63) is 65.5 Å². The quantitative estimate of drug-likeness (QED) is 0.843. The Balaban J connectivity index is 2.17. The average molecular weight is 309 g/mol. The number of hydrogen-bond acceptors (Lipinski definition) is 2. The molecule has 0 radical (unpaired) electrons. The van der Waals surface area contributed by atoms with E-state index in [1.165, 1.54) is 48.3 Å². The van der Waals surface area contributed by atoms with Gasteiger partial charge in [-0.15, -0.1) is 0 Å². The highest BCUT2D eigenvalue weighted by Gasteiger charge is 2.18. The minimum Gasteiger partial charge on any atom is -0.434 e. The molecule has 0 unspecified atom stereocenters. The van der Waals surface area contributed by atoms with Crippen molar-refractivity contribution in [3.63, 3.8) is 0 Å². The summed E-state index contributed by atoms with van der Waals surface area (Å²) in [5.41, 5.74) is 0.629. The highest BCUT2D eigenvalue weighted by molar-refractivity contribution is 5.96. The van der Waals surface area contributed by atoms with E-state index in [0.29, 0.717) is 5.56 Å². The molecule has 0 N–H and O–H groups in total. The van der Waals surface area contributed by atoms with Crippen LogP contribution in [0.15, 0.2) is 48.5 Å². The smallest absolute Gasteiger partial charge is 0.387 e. The van der Waals surface area contributed by atoms with E-state index in [1.54, 1.807) is 12.1 Å². The van der Waals surface area contributed by atoms with E-state index in [0.717, 1.165) is 0 Å². The molecule has 0 aromatic heterocycles. The third-order valence-electron chi connectivity index (χ3n) is 2.99. The van der Waals surface area contributed by atoms with Crippen molar-refractivity contribution in [1.29, 1.82) is 0 Å². The lowest BCUT2D eigenvalue weighted by atomic mass is 10.1. The summed E-state index contributed by atoms with van der Waals surface area (Å²) < 4.78 is 42.2. The molecule has 2 aromatic carbocycles. The molecule has 3 nitrogen and oxygen atoms in total. The fraction of sp³-hybridized carbons (Fsp3) is 0.188. The molecule has 22 heavy (non-hydrogen) atoms. The van der Waals surface area contributed by atoms with Gasteiger partial charge in [-0.2, -0.15) is 8.78 Å². The van der Waals surface area contributed by atoms with Crippen molar-refractivity contribution in [1.82, 2.24) is 4.90 Å². The second-order valence-electron chi connectivity index (χ2n) is 4.67. The van der Waals surface area contributed by atoms with E-state index in [1.807, 2.05) is 0 Å². The molecule has 0 saturated carbocycles. The van der Waals surface area contributed by atoms with E-state index in [-0.39, 0.29) is 17.9 Å². The molecule has 0 aliphatic carbocycles. The van der Waals surface area contributed by atoms with Crippen molar-refractivity contribution in [2.75, 3.05) is 7.05 Å². The standard InChI is InChI=1S/C16H14F3NO2/c1-20(10-11-5-4-6-12(17)9-11)15(21)13-7-2-3-8-14(13)22-16(18)19/h2-9,16H,10H2,1H3. The van der Waals surface area contributed by atoms with Crippen molar-refractivity contribution in [2.45, 2.75) is 13.2 Å². The summed E-state index contributed by atoms with van der Waals surface area (Å²) >= 11 is 0. The monoisotopic (exact) mass is 309 g/mol. The van der Waals surface area contributed by atoms with Gasteiger partial charge in [-0.05, 0) is 29.8 Å². The molecule has 0 bridgehead atoms. The van der Waals surface area contributed by atoms with Crippen LogP contribution >= 0.6 is 0 Å². The number of hydrogen-bond donors (Lipinski definition) is 0. The lowest BCUT2D eigenvalue weighted by Crippen LogP contribution is -2.27. The van der Waals surface area contributed by atoms with Crippen LogP contribution in [0.1, 0.15) is 15.9 Å². The Hall–Kier alpha value is -2.50. The maximum absolute atomic E-state index is 13.1. The van der Waals surface area contributed by atoms with E-state index in [2.05, 4.69) is 4.74 Å². The number of halogens is 3. The van der Waals surface area contributed by atoms with Crippen LogP contribution in [-0.4, -0.2) is 24.5 Å². The molecule has 0 atom stereocenters. The van der Waals surface area contributed by atoms with Crippen LogP contribution in [0, 0.1) is 5.82 Å². The third-order valence-corrected chi connectivity index (χ3v) is 2.99. The van der Waals surface area contributed by atoms with Crippen molar-refractivity contribution >= 4 is 5.91 Å². The number of carbonyl (C=O) groups is 1. The zero-order chi connectivity index (χ0) is 16.1. The van der Waals surface area contributed by atoms with E-state index in [4.69, 9.17) is 0 Å². The van der Waals surface area contributed by atoms with E-state index in [9.17, 15) is 18.0 Å². The predicted octanol–water partition coefficient (Wildman–Crippen LogP) is 3.70. The summed E-state index contributed by atoms with van der Waals surface area (Å²) in [5.74, 6) is -1.08. The van der Waals surface area contributed by atoms with E-state index < -0.39 is 18.3 Å². The van der Waals surface area contributed by atoms with Gasteiger partial charge in [0, 0.05) is 13.6 Å². The Morgan fingerprint density at radius 1 is 1.18 bits per heavy atom. The second kappa shape index (κ2) is 6.98. The van der Waals surface area contributed by atoms with Crippen LogP contribution in [0.4, 0.5) is 13.2 Å². The Bertz CT molecular complexity index is 661. The summed E-state index contributed by atoms with van der Waals surface area (Å²) in [6.45, 7) is -2.86. The van der Waals surface area contributed by atoms with Crippen molar-refractivity contribution in [3.8, 4) is 5.75 Å². The molecule has 6 heteroatoms. The first-order chi connectivity index (χ1) is 10.5. The van der Waals surface area contributed by atoms with Crippen molar-refractivity contribution in [2.24, 2.45) is 0 Å². The molecule has 0 spiro atoms. The molecular formula is C16H14F3NO2. The fourth-order valence-corrected chi connectivity index (χ4v) is 2.03. The number of amides is 1. The first-order valence-electron chi connectivity index (χ1n) is 6.51. The number of benzene rings is 2. The summed E-state index contributed by atoms with van der Waals surface area (Å²) in [6, 6.07) is 11.6. The van der Waals surface area contributed by atoms with Crippen molar-refractivity contribution < 1.29 is 22.7 Å². The Labute approximate surface area is 125 Å². The number of nitrogens with zero attached hydrogens (tertiary/aromatic N) is 1. The molecule has 0 heterocycles. The molecule has 0 saturated heterocycles. The molecule has 2 aromatic rings. The summed E-state index contributed by atoms with van der Waals surface area (Å²) in [4.78, 5) is 13.7. The number of para-hydroxylation sites is 1. The zero-order valence-corrected chi connectivity index (χ0v) is 11.8. The Morgan fingerprint density at radius 2 is 1.91 bits per heavy atom. The lowest BCUT2D eigenvalue weighted by Gasteiger charge is -2.19. The molecule has 0 aliphatic rings. The van der Waals surface area contributed by atoms with Gasteiger partial charge in [-0.3, -0.25) is 4.79 Å². The van der Waals surface area contributed by atoms with Gasteiger partial charge in [0.05, 0.1) is 5.56 Å². The topological polar surface area (TPSA) is 29.5 Å². The van der Waals surface area contributed by atoms with Crippen LogP contribution in [0.2, 0.25) is 0 Å². The number of rotatable bonds is 5. The maximum Gasteiger partial charge on any atom is 0.387 e. The molecular weight excluding hydrogens is 295 g/mol. The molecule has 0 fully saturated rings. The average Bonchev–Trinajstić information content (AvgIpc) is 2.46. The van der Waals surface area contributed by atoms with Gasteiger partial charge >= 0.3 is 6.61 Å². The maximum atomic E-state index is 13.1. The van der Waals surface area contributed by atoms with E-state index >= 15 is 0 Å². The number of alkyl halides is 2. The van der Waals surface area contributed by atoms with Crippen LogP contribution in [0.5, 0.6) is 5.75 Å². The minimum atomic E-state index is -3.01. The van der Waals surface area contributed by atoms with Gasteiger partial charge in [0.1, 0.15) is 11.6 Å². The fourth-order valence-electron chi connectivity index (χ4n) is 2.03. The summed E-state index contributed by atoms with van der Waals surface area (Å²) in [7, 11) is 1.51. The van der Waals surface area contributed by atoms with Crippen LogP contribution in [0.3, 0.4) is 0 Å². The molecule has 1 amide bonds. The van der Waals surface area contributed by atoms with Gasteiger partial charge in [-0.1, -0.05) is 24.3 Å². The Kier molecular flexibility index (Phi) is 5.04. The number of carbonyl (C=O) groups excluding carboxylic acids is 1. The lowest BCUT2D eigenvalue weighted by molar-refractivity contribution is -0.0502. The normalized spacial score (nSPS) is 10.6. The van der Waals surface area contributed by atoms with Gasteiger partial charge in [-0.25, -0.2) is 4.39 Å². The van der Waals surface area contributed by atoms with Crippen LogP contribution in [0.25, 0.3) is 0 Å². The van der Waals surface area contributed by atoms with Crippen LogP contribution < -0.4 is 4.74 Å². The highest BCUT2D eigenvalue weighted by Crippen LogP contribution is 2.22.